The fourth-order valence-electron chi connectivity index (χ4n) is 2.25. The minimum absolute atomic E-state index is 0.188. The van der Waals surface area contributed by atoms with Crippen molar-refractivity contribution in [3.05, 3.63) is 59.4 Å². The number of nitrogens with zero attached hydrogens (tertiary/aromatic N) is 3. The number of pyridine rings is 1. The van der Waals surface area contributed by atoms with Gasteiger partial charge in [-0.3, -0.25) is 14.6 Å². The molecule has 0 saturated heterocycles. The number of rotatable bonds is 7. The van der Waals surface area contributed by atoms with E-state index >= 15 is 0 Å². The Hall–Kier alpha value is -3.24. The van der Waals surface area contributed by atoms with Crippen LogP contribution in [0.3, 0.4) is 0 Å². The second kappa shape index (κ2) is 9.30. The molecule has 1 aromatic heterocycles. The van der Waals surface area contributed by atoms with E-state index in [-0.39, 0.29) is 17.5 Å². The van der Waals surface area contributed by atoms with E-state index in [1.165, 1.54) is 18.3 Å². The third kappa shape index (κ3) is 5.69. The van der Waals surface area contributed by atoms with Crippen LogP contribution in [0.25, 0.3) is 0 Å². The summed E-state index contributed by atoms with van der Waals surface area (Å²) >= 11 is 0. The third-order valence-electron chi connectivity index (χ3n) is 3.57. The standard InChI is InChI=1S/C19H21N5O2/c1-24(2)10-4-8-22-19(26)17-12-15(7-9-21-17)18(25)23-16-6-3-5-14(11-16)13-20/h3,5-7,9,11-12H,4,8,10H2,1-2H3,(H,22,26)(H,23,25). The van der Waals surface area contributed by atoms with Crippen molar-refractivity contribution in [2.75, 3.05) is 32.5 Å². The van der Waals surface area contributed by atoms with Crippen LogP contribution in [0.15, 0.2) is 42.6 Å². The van der Waals surface area contributed by atoms with E-state index in [1.54, 1.807) is 24.3 Å². The summed E-state index contributed by atoms with van der Waals surface area (Å²) in [6.07, 6.45) is 2.25. The van der Waals surface area contributed by atoms with Crippen molar-refractivity contribution in [2.45, 2.75) is 6.42 Å². The Balaban J connectivity index is 2.00. The molecule has 2 aromatic rings. The summed E-state index contributed by atoms with van der Waals surface area (Å²) in [7, 11) is 3.94. The number of nitrogens with one attached hydrogen (secondary N) is 2. The normalized spacial score (nSPS) is 10.2. The molecule has 0 aliphatic carbocycles. The highest BCUT2D eigenvalue weighted by atomic mass is 16.2. The number of aromatic nitrogens is 1. The Morgan fingerprint density at radius 2 is 2.00 bits per heavy atom. The quantitative estimate of drug-likeness (QED) is 0.742. The average molecular weight is 351 g/mol. The number of amides is 2. The van der Waals surface area contributed by atoms with Crippen molar-refractivity contribution in [3.63, 3.8) is 0 Å². The first-order chi connectivity index (χ1) is 12.5. The van der Waals surface area contributed by atoms with E-state index in [2.05, 4.69) is 15.6 Å². The van der Waals surface area contributed by atoms with E-state index in [1.807, 2.05) is 25.1 Å². The molecular weight excluding hydrogens is 330 g/mol. The van der Waals surface area contributed by atoms with E-state index in [4.69, 9.17) is 5.26 Å². The lowest BCUT2D eigenvalue weighted by atomic mass is 10.2. The summed E-state index contributed by atoms with van der Waals surface area (Å²) in [4.78, 5) is 30.6. The zero-order valence-corrected chi connectivity index (χ0v) is 14.8. The smallest absolute Gasteiger partial charge is 0.269 e. The van der Waals surface area contributed by atoms with Gasteiger partial charge < -0.3 is 15.5 Å². The van der Waals surface area contributed by atoms with Gasteiger partial charge in [-0.2, -0.15) is 5.26 Å². The average Bonchev–Trinajstić information content (AvgIpc) is 2.65. The molecular formula is C19H21N5O2. The molecule has 0 atom stereocenters. The van der Waals surface area contributed by atoms with Crippen molar-refractivity contribution in [1.29, 1.82) is 5.26 Å². The highest BCUT2D eigenvalue weighted by Gasteiger charge is 2.12. The van der Waals surface area contributed by atoms with Crippen LogP contribution >= 0.6 is 0 Å². The van der Waals surface area contributed by atoms with Crippen LogP contribution in [0.2, 0.25) is 0 Å². The molecule has 0 saturated carbocycles. The predicted molar refractivity (Wildman–Crippen MR) is 98.9 cm³/mol. The summed E-state index contributed by atoms with van der Waals surface area (Å²) in [5.74, 6) is -0.686. The summed E-state index contributed by atoms with van der Waals surface area (Å²) in [5.41, 5.74) is 1.48. The molecule has 2 N–H and O–H groups in total. The monoisotopic (exact) mass is 351 g/mol. The second-order valence-corrected chi connectivity index (χ2v) is 5.99. The fraction of sp³-hybridized carbons (Fsp3) is 0.263. The number of benzene rings is 1. The van der Waals surface area contributed by atoms with Gasteiger partial charge in [0.2, 0.25) is 0 Å². The molecule has 0 fully saturated rings. The highest BCUT2D eigenvalue weighted by Crippen LogP contribution is 2.12. The Morgan fingerprint density at radius 1 is 1.19 bits per heavy atom. The van der Waals surface area contributed by atoms with Crippen LogP contribution in [0, 0.1) is 11.3 Å². The van der Waals surface area contributed by atoms with Gasteiger partial charge in [-0.1, -0.05) is 6.07 Å². The van der Waals surface area contributed by atoms with E-state index < -0.39 is 0 Å². The summed E-state index contributed by atoms with van der Waals surface area (Å²) < 4.78 is 0. The largest absolute Gasteiger partial charge is 0.351 e. The van der Waals surface area contributed by atoms with E-state index in [0.717, 1.165) is 13.0 Å². The first kappa shape index (κ1) is 19.1. The van der Waals surface area contributed by atoms with Crippen LogP contribution in [0.1, 0.15) is 32.8 Å². The van der Waals surface area contributed by atoms with Gasteiger partial charge in [0.15, 0.2) is 0 Å². The maximum atomic E-state index is 12.4. The topological polar surface area (TPSA) is 98.1 Å². The molecule has 0 bridgehead atoms. The molecule has 134 valence electrons. The van der Waals surface area contributed by atoms with Crippen molar-refractivity contribution >= 4 is 17.5 Å². The number of carbonyl (C=O) groups excluding carboxylic acids is 2. The summed E-state index contributed by atoms with van der Waals surface area (Å²) in [6, 6.07) is 11.6. The Morgan fingerprint density at radius 3 is 2.73 bits per heavy atom. The summed E-state index contributed by atoms with van der Waals surface area (Å²) in [6.45, 7) is 1.41. The first-order valence-corrected chi connectivity index (χ1v) is 8.20. The minimum atomic E-state index is -0.371. The van der Waals surface area contributed by atoms with Gasteiger partial charge in [-0.25, -0.2) is 0 Å². The lowest BCUT2D eigenvalue weighted by molar-refractivity contribution is 0.0947. The number of hydrogen-bond acceptors (Lipinski definition) is 5. The Bertz CT molecular complexity index is 827. The molecule has 7 heteroatoms. The zero-order valence-electron chi connectivity index (χ0n) is 14.8. The van der Waals surface area contributed by atoms with Crippen LogP contribution in [0.4, 0.5) is 5.69 Å². The van der Waals surface area contributed by atoms with Crippen LogP contribution < -0.4 is 10.6 Å². The Labute approximate surface area is 152 Å². The van der Waals surface area contributed by atoms with Gasteiger partial charge in [-0.15, -0.1) is 0 Å². The molecule has 7 nitrogen and oxygen atoms in total. The predicted octanol–water partition coefficient (Wildman–Crippen LogP) is 1.89. The van der Waals surface area contributed by atoms with Gasteiger partial charge in [0.25, 0.3) is 11.8 Å². The van der Waals surface area contributed by atoms with Crippen LogP contribution in [-0.2, 0) is 0 Å². The maximum absolute atomic E-state index is 12.4. The molecule has 0 aliphatic rings. The maximum Gasteiger partial charge on any atom is 0.269 e. The molecule has 1 heterocycles. The number of hydrogen-bond donors (Lipinski definition) is 2. The zero-order chi connectivity index (χ0) is 18.9. The number of nitriles is 1. The van der Waals surface area contributed by atoms with Crippen molar-refractivity contribution in [3.8, 4) is 6.07 Å². The van der Waals surface area contributed by atoms with Gasteiger partial charge in [0, 0.05) is 24.0 Å². The van der Waals surface area contributed by atoms with Gasteiger partial charge in [-0.05, 0) is 57.4 Å². The molecule has 0 radical (unpaired) electrons. The van der Waals surface area contributed by atoms with E-state index in [9.17, 15) is 9.59 Å². The van der Waals surface area contributed by atoms with Crippen molar-refractivity contribution < 1.29 is 9.59 Å². The Kier molecular flexibility index (Phi) is 6.83. The lowest BCUT2D eigenvalue weighted by Crippen LogP contribution is -2.28. The lowest BCUT2D eigenvalue weighted by Gasteiger charge is -2.10. The number of anilines is 1. The van der Waals surface area contributed by atoms with E-state index in [0.29, 0.717) is 23.4 Å². The molecule has 2 amide bonds. The molecule has 0 spiro atoms. The van der Waals surface area contributed by atoms with Crippen LogP contribution in [0.5, 0.6) is 0 Å². The second-order valence-electron chi connectivity index (χ2n) is 5.99. The van der Waals surface area contributed by atoms with Crippen molar-refractivity contribution in [2.24, 2.45) is 0 Å². The fourth-order valence-corrected chi connectivity index (χ4v) is 2.25. The SMILES string of the molecule is CN(C)CCCNC(=O)c1cc(C(=O)Nc2cccc(C#N)c2)ccn1. The summed E-state index contributed by atoms with van der Waals surface area (Å²) in [5, 5.41) is 14.4. The number of carbonyl (C=O) groups is 2. The van der Waals surface area contributed by atoms with Gasteiger partial charge in [0.05, 0.1) is 11.6 Å². The van der Waals surface area contributed by atoms with Gasteiger partial charge in [0.1, 0.15) is 5.69 Å². The molecule has 0 aliphatic heterocycles. The third-order valence-corrected chi connectivity index (χ3v) is 3.57. The molecule has 26 heavy (non-hydrogen) atoms. The molecule has 0 unspecified atom stereocenters. The minimum Gasteiger partial charge on any atom is -0.351 e. The first-order valence-electron chi connectivity index (χ1n) is 8.20. The molecule has 2 rings (SSSR count). The van der Waals surface area contributed by atoms with Gasteiger partial charge >= 0.3 is 0 Å². The highest BCUT2D eigenvalue weighted by molar-refractivity contribution is 6.05. The molecule has 1 aromatic carbocycles. The van der Waals surface area contributed by atoms with Crippen LogP contribution in [-0.4, -0.2) is 48.9 Å². The van der Waals surface area contributed by atoms with Crippen molar-refractivity contribution in [1.82, 2.24) is 15.2 Å².